The van der Waals surface area contributed by atoms with E-state index in [9.17, 15) is 19.8 Å². The van der Waals surface area contributed by atoms with Crippen LogP contribution < -0.4 is 4.74 Å². The molecule has 0 spiro atoms. The first kappa shape index (κ1) is 18.6. The number of phenols is 1. The Morgan fingerprint density at radius 1 is 1.26 bits per heavy atom. The van der Waals surface area contributed by atoms with Crippen molar-refractivity contribution in [2.75, 3.05) is 13.2 Å². The zero-order chi connectivity index (χ0) is 19.6. The third-order valence-corrected chi connectivity index (χ3v) is 4.36. The Kier molecular flexibility index (Phi) is 5.21. The van der Waals surface area contributed by atoms with E-state index in [1.54, 1.807) is 25.1 Å². The second kappa shape index (κ2) is 7.57. The second-order valence-corrected chi connectivity index (χ2v) is 6.13. The minimum atomic E-state index is -0.796. The molecule has 0 saturated heterocycles. The van der Waals surface area contributed by atoms with E-state index in [1.165, 1.54) is 23.3 Å². The standard InChI is InChI=1S/C20H21NO6/c1-3-9-21-17(12-7-8-13(22)15(11-12)26-4-2)16(19(24)20(21)25)18(23)14-6-5-10-27-14/h5-8,10-11,17,22,24H,3-4,9H2,1-2H3. The molecule has 0 bridgehead atoms. The maximum Gasteiger partial charge on any atom is 0.290 e. The lowest BCUT2D eigenvalue weighted by molar-refractivity contribution is -0.129. The number of hydrogen-bond donors (Lipinski definition) is 2. The van der Waals surface area contributed by atoms with Crippen molar-refractivity contribution in [3.63, 3.8) is 0 Å². The third-order valence-electron chi connectivity index (χ3n) is 4.36. The molecule has 0 aliphatic carbocycles. The van der Waals surface area contributed by atoms with Gasteiger partial charge >= 0.3 is 0 Å². The van der Waals surface area contributed by atoms with Crippen LogP contribution in [-0.4, -0.2) is 40.0 Å². The maximum absolute atomic E-state index is 12.9. The van der Waals surface area contributed by atoms with Crippen molar-refractivity contribution >= 4 is 11.7 Å². The molecule has 0 saturated carbocycles. The monoisotopic (exact) mass is 371 g/mol. The number of ketones is 1. The molecule has 0 fully saturated rings. The van der Waals surface area contributed by atoms with Crippen molar-refractivity contribution in [3.8, 4) is 11.5 Å². The number of furan rings is 1. The van der Waals surface area contributed by atoms with Gasteiger partial charge < -0.3 is 24.3 Å². The number of aliphatic hydroxyl groups excluding tert-OH is 1. The summed E-state index contributed by atoms with van der Waals surface area (Å²) in [5.41, 5.74) is 0.508. The van der Waals surface area contributed by atoms with Gasteiger partial charge in [-0.1, -0.05) is 13.0 Å². The van der Waals surface area contributed by atoms with E-state index in [-0.39, 0.29) is 22.8 Å². The fourth-order valence-corrected chi connectivity index (χ4v) is 3.22. The summed E-state index contributed by atoms with van der Waals surface area (Å²) in [6.45, 7) is 4.38. The average Bonchev–Trinajstić information content (AvgIpc) is 3.27. The zero-order valence-corrected chi connectivity index (χ0v) is 15.1. The minimum absolute atomic E-state index is 0.0384. The maximum atomic E-state index is 12.9. The first-order valence-electron chi connectivity index (χ1n) is 8.77. The van der Waals surface area contributed by atoms with Crippen molar-refractivity contribution in [1.29, 1.82) is 0 Å². The second-order valence-electron chi connectivity index (χ2n) is 6.13. The van der Waals surface area contributed by atoms with Crippen LogP contribution in [0.25, 0.3) is 0 Å². The van der Waals surface area contributed by atoms with Gasteiger partial charge in [0.25, 0.3) is 5.91 Å². The van der Waals surface area contributed by atoms with Gasteiger partial charge in [-0.2, -0.15) is 0 Å². The summed E-state index contributed by atoms with van der Waals surface area (Å²) in [5.74, 6) is -1.50. The van der Waals surface area contributed by atoms with Crippen LogP contribution in [0.4, 0.5) is 0 Å². The topological polar surface area (TPSA) is 100 Å². The number of ether oxygens (including phenoxy) is 1. The van der Waals surface area contributed by atoms with Crippen molar-refractivity contribution in [3.05, 3.63) is 59.3 Å². The Hall–Kier alpha value is -3.22. The zero-order valence-electron chi connectivity index (χ0n) is 15.1. The summed E-state index contributed by atoms with van der Waals surface area (Å²) >= 11 is 0. The molecule has 0 radical (unpaired) electrons. The summed E-state index contributed by atoms with van der Waals surface area (Å²) in [4.78, 5) is 26.9. The van der Waals surface area contributed by atoms with Crippen LogP contribution in [0.1, 0.15) is 42.4 Å². The molecule has 142 valence electrons. The normalized spacial score (nSPS) is 16.9. The molecule has 1 amide bonds. The van der Waals surface area contributed by atoms with E-state index in [0.29, 0.717) is 25.1 Å². The molecule has 2 N–H and O–H groups in total. The van der Waals surface area contributed by atoms with Crippen molar-refractivity contribution in [2.45, 2.75) is 26.3 Å². The van der Waals surface area contributed by atoms with Crippen LogP contribution in [-0.2, 0) is 4.79 Å². The molecule has 27 heavy (non-hydrogen) atoms. The lowest BCUT2D eigenvalue weighted by atomic mass is 9.94. The van der Waals surface area contributed by atoms with Crippen LogP contribution in [0.15, 0.2) is 52.3 Å². The largest absolute Gasteiger partial charge is 0.504 e. The number of Topliss-reactive ketones (excluding diaryl/α,β-unsaturated/α-hetero) is 1. The molecule has 1 aromatic carbocycles. The lowest BCUT2D eigenvalue weighted by Crippen LogP contribution is -2.31. The molecule has 1 unspecified atom stereocenters. The molecular formula is C20H21NO6. The predicted octanol–water partition coefficient (Wildman–Crippen LogP) is 3.37. The Labute approximate surface area is 156 Å². The number of nitrogens with zero attached hydrogens (tertiary/aromatic N) is 1. The summed E-state index contributed by atoms with van der Waals surface area (Å²) in [5, 5.41) is 20.4. The van der Waals surface area contributed by atoms with Crippen LogP contribution in [0.5, 0.6) is 11.5 Å². The molecule has 2 heterocycles. The Morgan fingerprint density at radius 2 is 2.04 bits per heavy atom. The van der Waals surface area contributed by atoms with Gasteiger partial charge in [0, 0.05) is 6.54 Å². The van der Waals surface area contributed by atoms with Crippen LogP contribution in [0.3, 0.4) is 0 Å². The molecular weight excluding hydrogens is 350 g/mol. The highest BCUT2D eigenvalue weighted by Gasteiger charge is 2.44. The number of rotatable bonds is 7. The van der Waals surface area contributed by atoms with Crippen LogP contribution in [0.2, 0.25) is 0 Å². The SMILES string of the molecule is CCCN1C(=O)C(O)=C(C(=O)c2ccco2)C1c1ccc(O)c(OCC)c1. The Bertz CT molecular complexity index is 884. The van der Waals surface area contributed by atoms with Gasteiger partial charge in [0.05, 0.1) is 24.5 Å². The number of benzene rings is 1. The first-order chi connectivity index (χ1) is 13.0. The first-order valence-corrected chi connectivity index (χ1v) is 8.77. The molecule has 7 nitrogen and oxygen atoms in total. The van der Waals surface area contributed by atoms with Gasteiger partial charge in [-0.05, 0) is 43.2 Å². The predicted molar refractivity (Wildman–Crippen MR) is 96.7 cm³/mol. The molecule has 3 rings (SSSR count). The van der Waals surface area contributed by atoms with Gasteiger partial charge in [-0.3, -0.25) is 9.59 Å². The lowest BCUT2D eigenvalue weighted by Gasteiger charge is -2.26. The number of phenolic OH excluding ortho intramolecular Hbond substituents is 1. The minimum Gasteiger partial charge on any atom is -0.504 e. The molecule has 1 aliphatic rings. The summed E-state index contributed by atoms with van der Waals surface area (Å²) in [7, 11) is 0. The van der Waals surface area contributed by atoms with Crippen LogP contribution >= 0.6 is 0 Å². The Balaban J connectivity index is 2.11. The fraction of sp³-hybridized carbons (Fsp3) is 0.300. The van der Waals surface area contributed by atoms with Gasteiger partial charge in [-0.15, -0.1) is 0 Å². The van der Waals surface area contributed by atoms with E-state index in [1.807, 2.05) is 6.92 Å². The van der Waals surface area contributed by atoms with E-state index >= 15 is 0 Å². The van der Waals surface area contributed by atoms with E-state index in [2.05, 4.69) is 0 Å². The third kappa shape index (κ3) is 3.28. The van der Waals surface area contributed by atoms with Gasteiger partial charge in [0.1, 0.15) is 0 Å². The molecule has 1 atom stereocenters. The number of aromatic hydroxyl groups is 1. The van der Waals surface area contributed by atoms with Gasteiger partial charge in [-0.25, -0.2) is 0 Å². The molecule has 1 aliphatic heterocycles. The fourth-order valence-electron chi connectivity index (χ4n) is 3.22. The van der Waals surface area contributed by atoms with Crippen molar-refractivity contribution in [2.24, 2.45) is 0 Å². The number of amides is 1. The average molecular weight is 371 g/mol. The van der Waals surface area contributed by atoms with Crippen molar-refractivity contribution < 1.29 is 29.0 Å². The molecule has 2 aromatic rings. The quantitative estimate of drug-likeness (QED) is 0.724. The highest BCUT2D eigenvalue weighted by atomic mass is 16.5. The number of hydrogen-bond acceptors (Lipinski definition) is 6. The van der Waals surface area contributed by atoms with E-state index in [0.717, 1.165) is 0 Å². The highest BCUT2D eigenvalue weighted by Crippen LogP contribution is 2.41. The Morgan fingerprint density at radius 3 is 2.67 bits per heavy atom. The summed E-state index contributed by atoms with van der Waals surface area (Å²) < 4.78 is 10.6. The number of aliphatic hydroxyl groups is 1. The highest BCUT2D eigenvalue weighted by molar-refractivity contribution is 6.15. The van der Waals surface area contributed by atoms with Crippen molar-refractivity contribution in [1.82, 2.24) is 4.90 Å². The smallest absolute Gasteiger partial charge is 0.290 e. The number of carbonyl (C=O) groups excluding carboxylic acids is 2. The number of carbonyl (C=O) groups is 2. The van der Waals surface area contributed by atoms with Gasteiger partial charge in [0.2, 0.25) is 5.78 Å². The molecule has 7 heteroatoms. The van der Waals surface area contributed by atoms with Crippen LogP contribution in [0, 0.1) is 0 Å². The van der Waals surface area contributed by atoms with Gasteiger partial charge in [0.15, 0.2) is 23.0 Å². The summed E-state index contributed by atoms with van der Waals surface area (Å²) in [6.07, 6.45) is 2.00. The van der Waals surface area contributed by atoms with E-state index in [4.69, 9.17) is 9.15 Å². The summed E-state index contributed by atoms with van der Waals surface area (Å²) in [6, 6.07) is 6.87. The molecule has 1 aromatic heterocycles. The van der Waals surface area contributed by atoms with E-state index < -0.39 is 23.5 Å².